The van der Waals surface area contributed by atoms with E-state index in [4.69, 9.17) is 9.52 Å². The Morgan fingerprint density at radius 2 is 2.14 bits per heavy atom. The van der Waals surface area contributed by atoms with Crippen molar-refractivity contribution >= 4 is 0 Å². The fourth-order valence-electron chi connectivity index (χ4n) is 1.14. The smallest absolute Gasteiger partial charge is 0.230 e. The Morgan fingerprint density at radius 3 is 2.79 bits per heavy atom. The lowest BCUT2D eigenvalue weighted by atomic mass is 10.2. The van der Waals surface area contributed by atoms with E-state index in [9.17, 15) is 0 Å². The number of aryl methyl sites for hydroxylation is 1. The molecule has 0 fully saturated rings. The maximum absolute atomic E-state index is 8.55. The molecule has 0 aromatic carbocycles. The molecule has 5 heteroatoms. The highest BCUT2D eigenvalue weighted by molar-refractivity contribution is 4.77. The third-order valence-electron chi connectivity index (χ3n) is 1.86. The number of nitrogens with one attached hydrogen (secondary N) is 1. The molecule has 0 saturated heterocycles. The number of aliphatic hydroxyl groups is 1. The maximum Gasteiger partial charge on any atom is 0.230 e. The van der Waals surface area contributed by atoms with Crippen molar-refractivity contribution in [1.29, 1.82) is 0 Å². The summed E-state index contributed by atoms with van der Waals surface area (Å²) in [6.07, 6.45) is 2.99. The minimum absolute atomic E-state index is 0.281. The van der Waals surface area contributed by atoms with Gasteiger partial charge < -0.3 is 14.8 Å². The number of rotatable bonds is 7. The van der Waals surface area contributed by atoms with Crippen molar-refractivity contribution in [2.45, 2.75) is 32.7 Å². The highest BCUT2D eigenvalue weighted by atomic mass is 16.4. The van der Waals surface area contributed by atoms with Gasteiger partial charge in [-0.15, -0.1) is 10.2 Å². The molecule has 0 bridgehead atoms. The van der Waals surface area contributed by atoms with Crippen LogP contribution in [-0.4, -0.2) is 28.5 Å². The molecule has 0 aliphatic carbocycles. The Hall–Kier alpha value is -0.940. The standard InChI is InChI=1S/C9H17N3O2/c1-8-11-12-9(14-8)7-10-5-3-2-4-6-13/h10,13H,2-7H2,1H3. The van der Waals surface area contributed by atoms with Crippen LogP contribution in [0.1, 0.15) is 31.0 Å². The summed E-state index contributed by atoms with van der Waals surface area (Å²) in [5, 5.41) is 19.3. The molecule has 2 N–H and O–H groups in total. The van der Waals surface area contributed by atoms with E-state index in [1.165, 1.54) is 0 Å². The number of aliphatic hydroxyl groups excluding tert-OH is 1. The Balaban J connectivity index is 1.99. The third kappa shape index (κ3) is 4.34. The highest BCUT2D eigenvalue weighted by Crippen LogP contribution is 1.97. The van der Waals surface area contributed by atoms with Gasteiger partial charge in [0.15, 0.2) is 0 Å². The molecule has 0 radical (unpaired) electrons. The molecule has 0 saturated carbocycles. The first kappa shape index (κ1) is 11.1. The molecule has 0 spiro atoms. The summed E-state index contributed by atoms with van der Waals surface area (Å²) in [6.45, 7) is 3.60. The molecule has 0 amide bonds. The molecule has 0 aliphatic heterocycles. The van der Waals surface area contributed by atoms with Crippen LogP contribution in [0.4, 0.5) is 0 Å². The number of unbranched alkanes of at least 4 members (excludes halogenated alkanes) is 2. The number of aromatic nitrogens is 2. The molecule has 0 unspecified atom stereocenters. The molecule has 0 aliphatic rings. The van der Waals surface area contributed by atoms with Crippen molar-refractivity contribution in [3.8, 4) is 0 Å². The predicted molar refractivity (Wildman–Crippen MR) is 51.7 cm³/mol. The second-order valence-corrected chi connectivity index (χ2v) is 3.18. The van der Waals surface area contributed by atoms with Crippen molar-refractivity contribution < 1.29 is 9.52 Å². The zero-order valence-corrected chi connectivity index (χ0v) is 8.49. The van der Waals surface area contributed by atoms with Crippen LogP contribution in [0.3, 0.4) is 0 Å². The summed E-state index contributed by atoms with van der Waals surface area (Å²) < 4.78 is 5.19. The zero-order chi connectivity index (χ0) is 10.2. The van der Waals surface area contributed by atoms with E-state index in [2.05, 4.69) is 15.5 Å². The molecule has 1 aromatic heterocycles. The lowest BCUT2D eigenvalue weighted by Crippen LogP contribution is -2.14. The van der Waals surface area contributed by atoms with Crippen LogP contribution >= 0.6 is 0 Å². The van der Waals surface area contributed by atoms with Gasteiger partial charge in [-0.1, -0.05) is 0 Å². The second-order valence-electron chi connectivity index (χ2n) is 3.18. The summed E-state index contributed by atoms with van der Waals surface area (Å²) in [5.74, 6) is 1.23. The number of nitrogens with zero attached hydrogens (tertiary/aromatic N) is 2. The molecule has 1 rings (SSSR count). The van der Waals surface area contributed by atoms with Gasteiger partial charge in [0, 0.05) is 13.5 Å². The zero-order valence-electron chi connectivity index (χ0n) is 8.49. The van der Waals surface area contributed by atoms with Gasteiger partial charge >= 0.3 is 0 Å². The third-order valence-corrected chi connectivity index (χ3v) is 1.86. The van der Waals surface area contributed by atoms with Crippen LogP contribution in [0, 0.1) is 6.92 Å². The van der Waals surface area contributed by atoms with Gasteiger partial charge in [-0.25, -0.2) is 0 Å². The Bertz CT molecular complexity index is 250. The minimum Gasteiger partial charge on any atom is -0.424 e. The fraction of sp³-hybridized carbons (Fsp3) is 0.778. The summed E-state index contributed by atoms with van der Waals surface area (Å²) in [7, 11) is 0. The van der Waals surface area contributed by atoms with Gasteiger partial charge in [-0.3, -0.25) is 0 Å². The number of hydrogen-bond acceptors (Lipinski definition) is 5. The first-order valence-corrected chi connectivity index (χ1v) is 4.93. The van der Waals surface area contributed by atoms with Crippen LogP contribution in [0.25, 0.3) is 0 Å². The van der Waals surface area contributed by atoms with Crippen LogP contribution < -0.4 is 5.32 Å². The van der Waals surface area contributed by atoms with Crippen LogP contribution in [0.5, 0.6) is 0 Å². The molecular formula is C9H17N3O2. The van der Waals surface area contributed by atoms with Crippen LogP contribution in [-0.2, 0) is 6.54 Å². The fourth-order valence-corrected chi connectivity index (χ4v) is 1.14. The van der Waals surface area contributed by atoms with Crippen molar-refractivity contribution in [3.63, 3.8) is 0 Å². The summed E-state index contributed by atoms with van der Waals surface area (Å²) >= 11 is 0. The van der Waals surface area contributed by atoms with E-state index < -0.39 is 0 Å². The molecule has 1 aromatic rings. The first-order chi connectivity index (χ1) is 6.83. The van der Waals surface area contributed by atoms with Crippen molar-refractivity contribution in [2.75, 3.05) is 13.2 Å². The largest absolute Gasteiger partial charge is 0.424 e. The van der Waals surface area contributed by atoms with Gasteiger partial charge in [0.2, 0.25) is 11.8 Å². The van der Waals surface area contributed by atoms with Crippen molar-refractivity contribution in [3.05, 3.63) is 11.8 Å². The average molecular weight is 199 g/mol. The van der Waals surface area contributed by atoms with E-state index in [0.29, 0.717) is 18.3 Å². The van der Waals surface area contributed by atoms with Crippen LogP contribution in [0.15, 0.2) is 4.42 Å². The average Bonchev–Trinajstić information content (AvgIpc) is 2.58. The lowest BCUT2D eigenvalue weighted by molar-refractivity contribution is 0.282. The molecule has 0 atom stereocenters. The lowest BCUT2D eigenvalue weighted by Gasteiger charge is -2.00. The Labute approximate surface area is 83.5 Å². The SMILES string of the molecule is Cc1nnc(CNCCCCCO)o1. The van der Waals surface area contributed by atoms with E-state index in [0.717, 1.165) is 25.8 Å². The van der Waals surface area contributed by atoms with Gasteiger partial charge in [0.05, 0.1) is 6.54 Å². The monoisotopic (exact) mass is 199 g/mol. The molecule has 1 heterocycles. The quantitative estimate of drug-likeness (QED) is 0.630. The first-order valence-electron chi connectivity index (χ1n) is 4.93. The minimum atomic E-state index is 0.281. The summed E-state index contributed by atoms with van der Waals surface area (Å²) in [4.78, 5) is 0. The normalized spacial score (nSPS) is 10.7. The summed E-state index contributed by atoms with van der Waals surface area (Å²) in [6, 6.07) is 0. The predicted octanol–water partition coefficient (Wildman–Crippen LogP) is 0.630. The molecule has 5 nitrogen and oxygen atoms in total. The van der Waals surface area contributed by atoms with E-state index >= 15 is 0 Å². The highest BCUT2D eigenvalue weighted by Gasteiger charge is 1.99. The van der Waals surface area contributed by atoms with Gasteiger partial charge in [0.1, 0.15) is 0 Å². The molecular weight excluding hydrogens is 182 g/mol. The number of hydrogen-bond donors (Lipinski definition) is 2. The molecule has 80 valence electrons. The van der Waals surface area contributed by atoms with E-state index in [1.807, 2.05) is 0 Å². The Morgan fingerprint density at radius 1 is 1.29 bits per heavy atom. The molecule has 14 heavy (non-hydrogen) atoms. The van der Waals surface area contributed by atoms with Gasteiger partial charge in [0.25, 0.3) is 0 Å². The second kappa shape index (κ2) is 6.50. The van der Waals surface area contributed by atoms with Gasteiger partial charge in [-0.05, 0) is 25.8 Å². The Kier molecular flexibility index (Phi) is 5.17. The van der Waals surface area contributed by atoms with Crippen LogP contribution in [0.2, 0.25) is 0 Å². The van der Waals surface area contributed by atoms with E-state index in [-0.39, 0.29) is 6.61 Å². The van der Waals surface area contributed by atoms with Crippen molar-refractivity contribution in [2.24, 2.45) is 0 Å². The maximum atomic E-state index is 8.55. The topological polar surface area (TPSA) is 71.2 Å². The van der Waals surface area contributed by atoms with E-state index in [1.54, 1.807) is 6.92 Å². The van der Waals surface area contributed by atoms with Gasteiger partial charge in [-0.2, -0.15) is 0 Å². The van der Waals surface area contributed by atoms with Crippen molar-refractivity contribution in [1.82, 2.24) is 15.5 Å². The summed E-state index contributed by atoms with van der Waals surface area (Å²) in [5.41, 5.74) is 0.